The number of piperidine rings is 1. The minimum Gasteiger partial charge on any atom is -0.481 e. The van der Waals surface area contributed by atoms with Gasteiger partial charge in [0, 0.05) is 43.0 Å². The summed E-state index contributed by atoms with van der Waals surface area (Å²) in [6.45, 7) is 4.15. The fraction of sp³-hybridized carbons (Fsp3) is 0.579. The van der Waals surface area contributed by atoms with Crippen LogP contribution >= 0.6 is 0 Å². The van der Waals surface area contributed by atoms with Gasteiger partial charge in [0.1, 0.15) is 24.3 Å². The molecule has 0 bridgehead atoms. The van der Waals surface area contributed by atoms with Crippen molar-refractivity contribution in [2.45, 2.75) is 51.1 Å². The summed E-state index contributed by atoms with van der Waals surface area (Å²) in [5.74, 6) is 2.68. The van der Waals surface area contributed by atoms with Crippen molar-refractivity contribution in [1.29, 1.82) is 0 Å². The Morgan fingerprint density at radius 1 is 1.00 bits per heavy atom. The lowest BCUT2D eigenvalue weighted by Crippen LogP contribution is -2.46. The topological polar surface area (TPSA) is 67.3 Å². The maximum absolute atomic E-state index is 5.29. The third kappa shape index (κ3) is 3.57. The number of nitrogens with zero attached hydrogens (tertiary/aromatic N) is 6. The summed E-state index contributed by atoms with van der Waals surface area (Å²) in [5, 5.41) is 0. The number of ether oxygens (including phenoxy) is 1. The third-order valence-electron chi connectivity index (χ3n) is 5.29. The first kappa shape index (κ1) is 17.0. The largest absolute Gasteiger partial charge is 0.481 e. The minimum absolute atomic E-state index is 0.505. The molecular weight excluding hydrogens is 328 g/mol. The van der Waals surface area contributed by atoms with Crippen molar-refractivity contribution < 1.29 is 4.74 Å². The van der Waals surface area contributed by atoms with Crippen molar-refractivity contribution in [3.05, 3.63) is 30.5 Å². The lowest BCUT2D eigenvalue weighted by Gasteiger charge is -2.39. The van der Waals surface area contributed by atoms with Gasteiger partial charge in [0.15, 0.2) is 0 Å². The van der Waals surface area contributed by atoms with E-state index in [1.54, 1.807) is 19.8 Å². The van der Waals surface area contributed by atoms with E-state index < -0.39 is 0 Å². The molecule has 4 rings (SSSR count). The highest BCUT2D eigenvalue weighted by molar-refractivity contribution is 5.46. The Kier molecular flexibility index (Phi) is 4.86. The van der Waals surface area contributed by atoms with Crippen LogP contribution in [-0.4, -0.2) is 52.2 Å². The second-order valence-corrected chi connectivity index (χ2v) is 7.00. The molecule has 0 amide bonds. The first-order valence-electron chi connectivity index (χ1n) is 9.48. The van der Waals surface area contributed by atoms with Gasteiger partial charge in [-0.3, -0.25) is 0 Å². The summed E-state index contributed by atoms with van der Waals surface area (Å²) in [4.78, 5) is 22.3. The Balaban J connectivity index is 1.46. The number of hydrogen-bond acceptors (Lipinski definition) is 7. The van der Waals surface area contributed by atoms with Crippen LogP contribution in [-0.2, 0) is 6.42 Å². The molecule has 2 aromatic rings. The quantitative estimate of drug-likeness (QED) is 0.789. The molecule has 2 aromatic heterocycles. The van der Waals surface area contributed by atoms with Crippen molar-refractivity contribution in [2.75, 3.05) is 30.0 Å². The molecule has 0 radical (unpaired) electrons. The summed E-state index contributed by atoms with van der Waals surface area (Å²) in [7, 11) is 1.65. The average Bonchev–Trinajstić information content (AvgIpc) is 3.54. The monoisotopic (exact) mass is 354 g/mol. The van der Waals surface area contributed by atoms with E-state index in [0.29, 0.717) is 18.0 Å². The summed E-state index contributed by atoms with van der Waals surface area (Å²) in [5.41, 5.74) is 1.10. The van der Waals surface area contributed by atoms with Crippen LogP contribution in [0, 0.1) is 0 Å². The van der Waals surface area contributed by atoms with E-state index in [2.05, 4.69) is 42.7 Å². The van der Waals surface area contributed by atoms with E-state index in [-0.39, 0.29) is 0 Å². The highest BCUT2D eigenvalue weighted by Gasteiger charge is 2.36. The molecule has 138 valence electrons. The first-order valence-corrected chi connectivity index (χ1v) is 9.48. The molecule has 2 fully saturated rings. The van der Waals surface area contributed by atoms with E-state index in [4.69, 9.17) is 4.74 Å². The summed E-state index contributed by atoms with van der Waals surface area (Å²) < 4.78 is 5.29. The van der Waals surface area contributed by atoms with E-state index in [1.165, 1.54) is 12.8 Å². The van der Waals surface area contributed by atoms with Crippen molar-refractivity contribution in [2.24, 2.45) is 0 Å². The van der Waals surface area contributed by atoms with Crippen LogP contribution in [0.25, 0.3) is 0 Å². The molecule has 3 heterocycles. The van der Waals surface area contributed by atoms with Crippen LogP contribution < -0.4 is 14.5 Å². The van der Waals surface area contributed by atoms with Gasteiger partial charge < -0.3 is 14.5 Å². The number of methoxy groups -OCH3 is 1. The van der Waals surface area contributed by atoms with Crippen molar-refractivity contribution in [3.63, 3.8) is 0 Å². The van der Waals surface area contributed by atoms with Gasteiger partial charge in [0.25, 0.3) is 0 Å². The van der Waals surface area contributed by atoms with Crippen LogP contribution in [0.4, 0.5) is 11.6 Å². The van der Waals surface area contributed by atoms with E-state index >= 15 is 0 Å². The van der Waals surface area contributed by atoms with Crippen molar-refractivity contribution >= 4 is 11.6 Å². The van der Waals surface area contributed by atoms with Gasteiger partial charge in [-0.2, -0.15) is 0 Å². The van der Waals surface area contributed by atoms with E-state index in [1.807, 2.05) is 6.07 Å². The van der Waals surface area contributed by atoms with Gasteiger partial charge in [-0.1, -0.05) is 6.92 Å². The predicted molar refractivity (Wildman–Crippen MR) is 101 cm³/mol. The van der Waals surface area contributed by atoms with Gasteiger partial charge in [-0.05, 0) is 32.1 Å². The van der Waals surface area contributed by atoms with Crippen LogP contribution in [0.5, 0.6) is 5.88 Å². The molecule has 0 unspecified atom stereocenters. The van der Waals surface area contributed by atoms with Gasteiger partial charge in [-0.15, -0.1) is 0 Å². The Morgan fingerprint density at radius 3 is 2.42 bits per heavy atom. The van der Waals surface area contributed by atoms with Gasteiger partial charge in [0.2, 0.25) is 5.88 Å². The molecule has 0 atom stereocenters. The highest BCUT2D eigenvalue weighted by Crippen LogP contribution is 2.36. The smallest absolute Gasteiger partial charge is 0.218 e. The standard InChI is InChI=1S/C19H26N6O/c1-3-14-10-17(21-12-20-14)24-8-6-16(7-9-24)25(15-4-5-15)18-11-19(26-2)23-13-22-18/h10-13,15-16H,3-9H2,1-2H3. The Labute approximate surface area is 154 Å². The molecule has 1 aliphatic heterocycles. The normalized spacial score (nSPS) is 18.0. The van der Waals surface area contributed by atoms with Crippen molar-refractivity contribution in [3.8, 4) is 5.88 Å². The minimum atomic E-state index is 0.505. The van der Waals surface area contributed by atoms with Crippen molar-refractivity contribution in [1.82, 2.24) is 19.9 Å². The Bertz CT molecular complexity index is 742. The fourth-order valence-corrected chi connectivity index (χ4v) is 3.73. The molecule has 1 saturated carbocycles. The van der Waals surface area contributed by atoms with Crippen LogP contribution in [0.3, 0.4) is 0 Å². The molecule has 2 aliphatic rings. The summed E-state index contributed by atoms with van der Waals surface area (Å²) in [6, 6.07) is 5.19. The SMILES string of the molecule is CCc1cc(N2CCC(N(c3cc(OC)ncn3)C3CC3)CC2)ncn1. The number of rotatable bonds is 6. The molecule has 1 saturated heterocycles. The van der Waals surface area contributed by atoms with Crippen LogP contribution in [0.15, 0.2) is 24.8 Å². The summed E-state index contributed by atoms with van der Waals surface area (Å²) in [6.07, 6.45) is 8.94. The second kappa shape index (κ2) is 7.43. The zero-order valence-corrected chi connectivity index (χ0v) is 15.5. The predicted octanol–water partition coefficient (Wildman–Crippen LogP) is 2.48. The zero-order valence-electron chi connectivity index (χ0n) is 15.5. The lowest BCUT2D eigenvalue weighted by atomic mass is 10.0. The molecule has 1 aliphatic carbocycles. The number of aryl methyl sites for hydroxylation is 1. The van der Waals surface area contributed by atoms with Gasteiger partial charge >= 0.3 is 0 Å². The second-order valence-electron chi connectivity index (χ2n) is 7.00. The fourth-order valence-electron chi connectivity index (χ4n) is 3.73. The maximum Gasteiger partial charge on any atom is 0.218 e. The molecule has 0 N–H and O–H groups in total. The average molecular weight is 354 g/mol. The van der Waals surface area contributed by atoms with E-state index in [9.17, 15) is 0 Å². The van der Waals surface area contributed by atoms with Gasteiger partial charge in [0.05, 0.1) is 7.11 Å². The molecule has 0 spiro atoms. The summed E-state index contributed by atoms with van der Waals surface area (Å²) >= 11 is 0. The van der Waals surface area contributed by atoms with E-state index in [0.717, 1.165) is 49.7 Å². The first-order chi connectivity index (χ1) is 12.8. The highest BCUT2D eigenvalue weighted by atomic mass is 16.5. The molecule has 26 heavy (non-hydrogen) atoms. The van der Waals surface area contributed by atoms with Crippen LogP contribution in [0.1, 0.15) is 38.3 Å². The molecule has 7 nitrogen and oxygen atoms in total. The Hall–Kier alpha value is -2.44. The Morgan fingerprint density at radius 2 is 1.73 bits per heavy atom. The number of aromatic nitrogens is 4. The lowest BCUT2D eigenvalue weighted by molar-refractivity contribution is 0.395. The molecular formula is C19H26N6O. The molecule has 0 aromatic carbocycles. The number of anilines is 2. The maximum atomic E-state index is 5.29. The zero-order chi connectivity index (χ0) is 17.9. The number of hydrogen-bond donors (Lipinski definition) is 0. The molecule has 7 heteroatoms. The van der Waals surface area contributed by atoms with Gasteiger partial charge in [-0.25, -0.2) is 19.9 Å². The van der Waals surface area contributed by atoms with Crippen LogP contribution in [0.2, 0.25) is 0 Å². The third-order valence-corrected chi connectivity index (χ3v) is 5.29.